The van der Waals surface area contributed by atoms with E-state index in [1.165, 1.54) is 32.3 Å². The molecule has 1 amide bonds. The van der Waals surface area contributed by atoms with Crippen LogP contribution in [-0.4, -0.2) is 45.9 Å². The molecule has 152 valence electrons. The van der Waals surface area contributed by atoms with E-state index >= 15 is 0 Å². The van der Waals surface area contributed by atoms with Crippen molar-refractivity contribution in [1.29, 1.82) is 0 Å². The molecular formula is C20H25ClN2O4S. The van der Waals surface area contributed by atoms with E-state index in [0.717, 1.165) is 9.87 Å². The Balaban J connectivity index is 1.88. The van der Waals surface area contributed by atoms with Gasteiger partial charge in [0.25, 0.3) is 5.91 Å². The summed E-state index contributed by atoms with van der Waals surface area (Å²) in [6, 6.07) is 14.0. The number of hydrogen-bond acceptors (Lipinski definition) is 4. The fourth-order valence-electron chi connectivity index (χ4n) is 2.50. The molecule has 8 heteroatoms. The number of benzene rings is 2. The molecule has 0 fully saturated rings. The second kappa shape index (κ2) is 10.0. The molecule has 2 rings (SSSR count). The van der Waals surface area contributed by atoms with Crippen LogP contribution in [0, 0.1) is 0 Å². The van der Waals surface area contributed by atoms with Gasteiger partial charge in [-0.25, -0.2) is 12.7 Å². The van der Waals surface area contributed by atoms with Crippen molar-refractivity contribution < 1.29 is 17.9 Å². The Morgan fingerprint density at radius 3 is 2.50 bits per heavy atom. The van der Waals surface area contributed by atoms with Crippen LogP contribution in [0.5, 0.6) is 0 Å². The van der Waals surface area contributed by atoms with Gasteiger partial charge in [0.05, 0.1) is 21.6 Å². The van der Waals surface area contributed by atoms with Gasteiger partial charge in [-0.3, -0.25) is 4.79 Å². The normalized spacial score (nSPS) is 12.8. The Morgan fingerprint density at radius 1 is 1.18 bits per heavy atom. The first-order valence-electron chi connectivity index (χ1n) is 8.90. The Morgan fingerprint density at radius 2 is 1.86 bits per heavy atom. The van der Waals surface area contributed by atoms with E-state index in [1.807, 2.05) is 37.3 Å². The van der Waals surface area contributed by atoms with E-state index in [4.69, 9.17) is 16.3 Å². The summed E-state index contributed by atoms with van der Waals surface area (Å²) >= 11 is 6.08. The third-order valence-corrected chi connectivity index (χ3v) is 6.35. The zero-order chi connectivity index (χ0) is 20.7. The topological polar surface area (TPSA) is 75.7 Å². The number of halogens is 1. The lowest BCUT2D eigenvalue weighted by molar-refractivity contribution is 0.0635. The van der Waals surface area contributed by atoms with Crippen LogP contribution in [0.15, 0.2) is 53.4 Å². The molecular weight excluding hydrogens is 400 g/mol. The molecule has 6 nitrogen and oxygen atoms in total. The lowest BCUT2D eigenvalue weighted by Crippen LogP contribution is -2.27. The van der Waals surface area contributed by atoms with Crippen LogP contribution in [-0.2, 0) is 14.8 Å². The van der Waals surface area contributed by atoms with Crippen molar-refractivity contribution in [2.75, 3.05) is 27.2 Å². The van der Waals surface area contributed by atoms with Crippen molar-refractivity contribution in [2.24, 2.45) is 0 Å². The number of carbonyl (C=O) groups is 1. The lowest BCUT2D eigenvalue weighted by atomic mass is 10.1. The Hall–Kier alpha value is -1.93. The molecule has 2 aromatic rings. The summed E-state index contributed by atoms with van der Waals surface area (Å²) in [4.78, 5) is 12.4. The maximum atomic E-state index is 12.4. The number of sulfonamides is 1. The second-order valence-electron chi connectivity index (χ2n) is 6.46. The smallest absolute Gasteiger partial charge is 0.252 e. The highest BCUT2D eigenvalue weighted by molar-refractivity contribution is 7.89. The first-order valence-corrected chi connectivity index (χ1v) is 10.7. The Bertz CT molecular complexity index is 902. The molecule has 1 atom stereocenters. The van der Waals surface area contributed by atoms with Gasteiger partial charge in [0.2, 0.25) is 10.0 Å². The van der Waals surface area contributed by atoms with E-state index in [1.54, 1.807) is 0 Å². The summed E-state index contributed by atoms with van der Waals surface area (Å²) in [5, 5.41) is 2.95. The maximum absolute atomic E-state index is 12.4. The van der Waals surface area contributed by atoms with Crippen molar-refractivity contribution >= 4 is 27.5 Å². The monoisotopic (exact) mass is 424 g/mol. The summed E-state index contributed by atoms with van der Waals surface area (Å²) in [6.07, 6.45) is 0.593. The quantitative estimate of drug-likeness (QED) is 0.625. The van der Waals surface area contributed by atoms with Gasteiger partial charge in [0.1, 0.15) is 0 Å². The molecule has 0 saturated carbocycles. The zero-order valence-corrected chi connectivity index (χ0v) is 17.8. The maximum Gasteiger partial charge on any atom is 0.252 e. The largest absolute Gasteiger partial charge is 0.374 e. The van der Waals surface area contributed by atoms with Crippen LogP contribution in [0.2, 0.25) is 5.02 Å². The van der Waals surface area contributed by atoms with E-state index < -0.39 is 15.9 Å². The van der Waals surface area contributed by atoms with Crippen LogP contribution in [0.1, 0.15) is 35.4 Å². The summed E-state index contributed by atoms with van der Waals surface area (Å²) in [6.45, 7) is 2.85. The highest BCUT2D eigenvalue weighted by Gasteiger charge is 2.20. The van der Waals surface area contributed by atoms with Crippen molar-refractivity contribution in [3.63, 3.8) is 0 Å². The van der Waals surface area contributed by atoms with Gasteiger partial charge in [-0.1, -0.05) is 41.9 Å². The third kappa shape index (κ3) is 5.78. The minimum absolute atomic E-state index is 0.0204. The number of amides is 1. The van der Waals surface area contributed by atoms with Gasteiger partial charge >= 0.3 is 0 Å². The van der Waals surface area contributed by atoms with Gasteiger partial charge < -0.3 is 10.1 Å². The fraction of sp³-hybridized carbons (Fsp3) is 0.350. The Labute approximate surface area is 171 Å². The lowest BCUT2D eigenvalue weighted by Gasteiger charge is -2.14. The minimum atomic E-state index is -3.64. The molecule has 0 spiro atoms. The van der Waals surface area contributed by atoms with Crippen molar-refractivity contribution in [2.45, 2.75) is 24.3 Å². The van der Waals surface area contributed by atoms with Crippen LogP contribution < -0.4 is 5.32 Å². The molecule has 0 bridgehead atoms. The second-order valence-corrected chi connectivity index (χ2v) is 9.02. The number of nitrogens with zero attached hydrogens (tertiary/aromatic N) is 1. The number of ether oxygens (including phenoxy) is 1. The van der Waals surface area contributed by atoms with Gasteiger partial charge in [-0.2, -0.15) is 0 Å². The average molecular weight is 425 g/mol. The van der Waals surface area contributed by atoms with E-state index in [-0.39, 0.29) is 21.6 Å². The van der Waals surface area contributed by atoms with E-state index in [0.29, 0.717) is 19.6 Å². The molecule has 0 aliphatic heterocycles. The minimum Gasteiger partial charge on any atom is -0.374 e. The van der Waals surface area contributed by atoms with Crippen LogP contribution >= 0.6 is 11.6 Å². The van der Waals surface area contributed by atoms with E-state index in [2.05, 4.69) is 5.32 Å². The van der Waals surface area contributed by atoms with Crippen LogP contribution in [0.4, 0.5) is 0 Å². The van der Waals surface area contributed by atoms with Gasteiger partial charge in [0, 0.05) is 27.2 Å². The summed E-state index contributed by atoms with van der Waals surface area (Å²) in [5.41, 5.74) is 1.22. The first kappa shape index (κ1) is 22.4. The molecule has 0 heterocycles. The third-order valence-electron chi connectivity index (χ3n) is 4.20. The summed E-state index contributed by atoms with van der Waals surface area (Å²) in [5.74, 6) is -0.420. The zero-order valence-electron chi connectivity index (χ0n) is 16.2. The highest BCUT2D eigenvalue weighted by atomic mass is 35.5. The Kier molecular flexibility index (Phi) is 8.00. The molecule has 28 heavy (non-hydrogen) atoms. The SMILES string of the molecule is CC(OCCCNC(=O)c1cc(S(=O)(=O)N(C)C)ccc1Cl)c1ccccc1. The molecule has 0 aromatic heterocycles. The number of nitrogens with one attached hydrogen (secondary N) is 1. The van der Waals surface area contributed by atoms with Gasteiger partial charge in [0.15, 0.2) is 0 Å². The molecule has 1 unspecified atom stereocenters. The van der Waals surface area contributed by atoms with Gasteiger partial charge in [-0.15, -0.1) is 0 Å². The highest BCUT2D eigenvalue weighted by Crippen LogP contribution is 2.22. The summed E-state index contributed by atoms with van der Waals surface area (Å²) < 4.78 is 31.3. The predicted molar refractivity (Wildman–Crippen MR) is 110 cm³/mol. The van der Waals surface area contributed by atoms with Crippen LogP contribution in [0.25, 0.3) is 0 Å². The van der Waals surface area contributed by atoms with Gasteiger partial charge in [-0.05, 0) is 37.1 Å². The molecule has 0 aliphatic carbocycles. The standard InChI is InChI=1S/C20H25ClN2O4S/c1-15(16-8-5-4-6-9-16)27-13-7-12-22-20(24)18-14-17(10-11-19(18)21)28(25,26)23(2)3/h4-6,8-11,14-15H,7,12-13H2,1-3H3,(H,22,24). The molecule has 2 aromatic carbocycles. The summed E-state index contributed by atoms with van der Waals surface area (Å²) in [7, 11) is -0.779. The molecule has 1 N–H and O–H groups in total. The van der Waals surface area contributed by atoms with Crippen molar-refractivity contribution in [3.05, 3.63) is 64.7 Å². The van der Waals surface area contributed by atoms with Crippen molar-refractivity contribution in [3.8, 4) is 0 Å². The molecule has 0 aliphatic rings. The molecule has 0 saturated heterocycles. The first-order chi connectivity index (χ1) is 13.2. The van der Waals surface area contributed by atoms with E-state index in [9.17, 15) is 13.2 Å². The van der Waals surface area contributed by atoms with Crippen LogP contribution in [0.3, 0.4) is 0 Å². The predicted octanol–water partition coefficient (Wildman–Crippen LogP) is 3.49. The fourth-order valence-corrected chi connectivity index (χ4v) is 3.63. The number of hydrogen-bond donors (Lipinski definition) is 1. The van der Waals surface area contributed by atoms with Crippen molar-refractivity contribution in [1.82, 2.24) is 9.62 Å². The number of rotatable bonds is 9. The molecule has 0 radical (unpaired) electrons. The number of carbonyl (C=O) groups excluding carboxylic acids is 1. The average Bonchev–Trinajstić information content (AvgIpc) is 2.68.